The molecule has 0 fully saturated rings. The van der Waals surface area contributed by atoms with Gasteiger partial charge in [0.2, 0.25) is 0 Å². The average molecular weight is 199 g/mol. The van der Waals surface area contributed by atoms with Gasteiger partial charge in [-0.25, -0.2) is 4.98 Å². The van der Waals surface area contributed by atoms with Gasteiger partial charge in [-0.1, -0.05) is 17.7 Å². The number of nitrogens with zero attached hydrogens (tertiary/aromatic N) is 2. The summed E-state index contributed by atoms with van der Waals surface area (Å²) in [6, 6.07) is 5.63. The smallest absolute Gasteiger partial charge is 0.138 e. The first-order valence-corrected chi connectivity index (χ1v) is 4.55. The molecule has 0 radical (unpaired) electrons. The van der Waals surface area contributed by atoms with Crippen LogP contribution in [0.3, 0.4) is 0 Å². The number of fused-ring (bicyclic) bond motifs is 1. The summed E-state index contributed by atoms with van der Waals surface area (Å²) in [6.45, 7) is 0. The molecule has 0 saturated heterocycles. The molecule has 0 N–H and O–H groups in total. The molecule has 2 heterocycles. The third-order valence-electron chi connectivity index (χ3n) is 1.65. The highest BCUT2D eigenvalue weighted by atomic mass is 35.5. The van der Waals surface area contributed by atoms with Crippen molar-refractivity contribution in [3.05, 3.63) is 35.2 Å². The lowest BCUT2D eigenvalue weighted by atomic mass is 10.5. The summed E-state index contributed by atoms with van der Waals surface area (Å²) in [5.74, 6) is 0.637. The number of rotatable bonds is 1. The number of hydrogen-bond acceptors (Lipinski definition) is 2. The summed E-state index contributed by atoms with van der Waals surface area (Å²) < 4.78 is 1.84. The minimum Gasteiger partial charge on any atom is -0.290 e. The maximum Gasteiger partial charge on any atom is 0.138 e. The quantitative estimate of drug-likeness (QED) is 0.550. The molecule has 4 heteroatoms. The molecule has 0 aliphatic carbocycles. The van der Waals surface area contributed by atoms with Crippen molar-refractivity contribution in [1.29, 1.82) is 0 Å². The van der Waals surface area contributed by atoms with Crippen LogP contribution in [0, 0.1) is 0 Å². The Bertz CT molecular complexity index is 410. The van der Waals surface area contributed by atoms with E-state index < -0.39 is 0 Å². The Morgan fingerprint density at radius 1 is 1.50 bits per heavy atom. The molecule has 2 rings (SSSR count). The largest absolute Gasteiger partial charge is 0.290 e. The van der Waals surface area contributed by atoms with Gasteiger partial charge in [0.25, 0.3) is 0 Å². The van der Waals surface area contributed by atoms with Gasteiger partial charge in [-0.3, -0.25) is 4.40 Å². The molecular weight excluding hydrogens is 192 g/mol. The number of pyridine rings is 1. The average Bonchev–Trinajstić information content (AvgIpc) is 2.49. The number of aromatic nitrogens is 2. The van der Waals surface area contributed by atoms with Crippen molar-refractivity contribution in [3.63, 3.8) is 0 Å². The molecule has 12 heavy (non-hydrogen) atoms. The van der Waals surface area contributed by atoms with Crippen molar-refractivity contribution in [2.24, 2.45) is 0 Å². The molecule has 0 bridgehead atoms. The second kappa shape index (κ2) is 2.99. The van der Waals surface area contributed by atoms with Gasteiger partial charge in [-0.05, 0) is 12.1 Å². The number of thiol groups is 1. The molecule has 2 nitrogen and oxygen atoms in total. The monoisotopic (exact) mass is 198 g/mol. The van der Waals surface area contributed by atoms with E-state index in [1.807, 2.05) is 28.8 Å². The lowest BCUT2D eigenvalue weighted by molar-refractivity contribution is 1.18. The van der Waals surface area contributed by atoms with Gasteiger partial charge in [0, 0.05) is 11.9 Å². The van der Waals surface area contributed by atoms with Gasteiger partial charge in [0.15, 0.2) is 0 Å². The summed E-state index contributed by atoms with van der Waals surface area (Å²) in [4.78, 5) is 4.29. The minimum atomic E-state index is 0.637. The Morgan fingerprint density at radius 3 is 3.00 bits per heavy atom. The zero-order valence-electron chi connectivity index (χ0n) is 6.24. The number of halogens is 1. The molecule has 0 amide bonds. The molecule has 0 aliphatic rings. The van der Waals surface area contributed by atoms with Gasteiger partial charge in [-0.2, -0.15) is 12.6 Å². The van der Waals surface area contributed by atoms with E-state index in [1.165, 1.54) is 0 Å². The standard InChI is InChI=1S/C8H7ClN2S/c9-7-2-1-3-8-10-6(5-12)4-11(7)8/h1-4,12H,5H2. The van der Waals surface area contributed by atoms with E-state index in [0.717, 1.165) is 11.3 Å². The Hall–Kier alpha value is -0.670. The first-order chi connectivity index (χ1) is 5.81. The molecule has 2 aromatic rings. The van der Waals surface area contributed by atoms with Gasteiger partial charge in [0.1, 0.15) is 10.8 Å². The van der Waals surface area contributed by atoms with Gasteiger partial charge < -0.3 is 0 Å². The lowest BCUT2D eigenvalue weighted by Gasteiger charge is -1.93. The Labute approximate surface area is 80.6 Å². The van der Waals surface area contributed by atoms with Crippen LogP contribution in [0.15, 0.2) is 24.4 Å². The molecule has 0 atom stereocenters. The Kier molecular flexibility index (Phi) is 1.98. The Balaban J connectivity index is 2.74. The molecule has 0 unspecified atom stereocenters. The van der Waals surface area contributed by atoms with Crippen LogP contribution in [0.4, 0.5) is 0 Å². The highest BCUT2D eigenvalue weighted by Crippen LogP contribution is 2.13. The fraction of sp³-hybridized carbons (Fsp3) is 0.125. The number of hydrogen-bond donors (Lipinski definition) is 1. The van der Waals surface area contributed by atoms with E-state index in [9.17, 15) is 0 Å². The van der Waals surface area contributed by atoms with Crippen LogP contribution in [0.1, 0.15) is 5.69 Å². The van der Waals surface area contributed by atoms with Crippen LogP contribution in [0.25, 0.3) is 5.65 Å². The first-order valence-electron chi connectivity index (χ1n) is 3.54. The summed E-state index contributed by atoms with van der Waals surface area (Å²) in [5.41, 5.74) is 1.80. The molecule has 0 aromatic carbocycles. The second-order valence-corrected chi connectivity index (χ2v) is 3.17. The molecule has 0 aliphatic heterocycles. The van der Waals surface area contributed by atoms with Crippen LogP contribution < -0.4 is 0 Å². The minimum absolute atomic E-state index is 0.637. The highest BCUT2D eigenvalue weighted by molar-refractivity contribution is 7.79. The van der Waals surface area contributed by atoms with Crippen molar-refractivity contribution in [1.82, 2.24) is 9.38 Å². The predicted octanol–water partition coefficient (Wildman–Crippen LogP) is 2.42. The molecule has 0 spiro atoms. The van der Waals surface area contributed by atoms with Crippen LogP contribution in [0.5, 0.6) is 0 Å². The van der Waals surface area contributed by atoms with Gasteiger partial charge in [0.05, 0.1) is 5.69 Å². The van der Waals surface area contributed by atoms with E-state index in [2.05, 4.69) is 17.6 Å². The maximum absolute atomic E-state index is 5.93. The molecule has 2 aromatic heterocycles. The fourth-order valence-corrected chi connectivity index (χ4v) is 1.46. The van der Waals surface area contributed by atoms with Crippen molar-refractivity contribution < 1.29 is 0 Å². The van der Waals surface area contributed by atoms with E-state index in [1.54, 1.807) is 0 Å². The number of imidazole rings is 1. The summed E-state index contributed by atoms with van der Waals surface area (Å²) >= 11 is 10.1. The second-order valence-electron chi connectivity index (χ2n) is 2.47. The fourth-order valence-electron chi connectivity index (χ4n) is 1.10. The zero-order chi connectivity index (χ0) is 8.55. The molecule has 0 saturated carbocycles. The van der Waals surface area contributed by atoms with E-state index in [0.29, 0.717) is 10.9 Å². The maximum atomic E-state index is 5.93. The predicted molar refractivity (Wildman–Crippen MR) is 52.9 cm³/mol. The summed E-state index contributed by atoms with van der Waals surface area (Å²) in [5, 5.41) is 0.674. The van der Waals surface area contributed by atoms with Crippen molar-refractivity contribution in [2.45, 2.75) is 5.75 Å². The van der Waals surface area contributed by atoms with Gasteiger partial charge >= 0.3 is 0 Å². The van der Waals surface area contributed by atoms with Gasteiger partial charge in [-0.15, -0.1) is 0 Å². The lowest BCUT2D eigenvalue weighted by Crippen LogP contribution is -1.82. The zero-order valence-corrected chi connectivity index (χ0v) is 7.89. The van der Waals surface area contributed by atoms with E-state index in [4.69, 9.17) is 11.6 Å². The third-order valence-corrected chi connectivity index (χ3v) is 2.29. The first kappa shape index (κ1) is 7.95. The van der Waals surface area contributed by atoms with Crippen molar-refractivity contribution in [3.8, 4) is 0 Å². The van der Waals surface area contributed by atoms with Crippen molar-refractivity contribution >= 4 is 29.9 Å². The summed E-state index contributed by atoms with van der Waals surface area (Å²) in [7, 11) is 0. The third kappa shape index (κ3) is 1.19. The van der Waals surface area contributed by atoms with Crippen LogP contribution in [0.2, 0.25) is 5.15 Å². The summed E-state index contributed by atoms with van der Waals surface area (Å²) in [6.07, 6.45) is 1.89. The van der Waals surface area contributed by atoms with Crippen molar-refractivity contribution in [2.75, 3.05) is 0 Å². The topological polar surface area (TPSA) is 17.3 Å². The highest BCUT2D eigenvalue weighted by Gasteiger charge is 2.00. The van der Waals surface area contributed by atoms with E-state index in [-0.39, 0.29) is 0 Å². The molecule has 62 valence electrons. The Morgan fingerprint density at radius 2 is 2.33 bits per heavy atom. The SMILES string of the molecule is SCc1cn2c(Cl)cccc2n1. The van der Waals surface area contributed by atoms with Crippen LogP contribution in [-0.2, 0) is 5.75 Å². The van der Waals surface area contributed by atoms with Crippen LogP contribution in [-0.4, -0.2) is 9.38 Å². The normalized spacial score (nSPS) is 10.8. The van der Waals surface area contributed by atoms with E-state index >= 15 is 0 Å². The van der Waals surface area contributed by atoms with Crippen LogP contribution >= 0.6 is 24.2 Å². The molecular formula is C8H7ClN2S.